The predicted octanol–water partition coefficient (Wildman–Crippen LogP) is 6.26. The second-order valence-corrected chi connectivity index (χ2v) is 11.9. The molecule has 1 heterocycles. The van der Waals surface area contributed by atoms with Crippen LogP contribution < -0.4 is 9.47 Å². The van der Waals surface area contributed by atoms with Gasteiger partial charge in [-0.05, 0) is 52.4 Å². The number of piperazine rings is 1. The molecule has 0 N–H and O–H groups in total. The van der Waals surface area contributed by atoms with E-state index < -0.39 is 6.04 Å². The first-order chi connectivity index (χ1) is 22.9. The molecule has 1 fully saturated rings. The number of amides is 2. The van der Waals surface area contributed by atoms with Gasteiger partial charge < -0.3 is 19.3 Å². The van der Waals surface area contributed by atoms with E-state index in [1.54, 1.807) is 37.3 Å². The van der Waals surface area contributed by atoms with Gasteiger partial charge in [0.2, 0.25) is 11.8 Å². The van der Waals surface area contributed by atoms with E-state index in [4.69, 9.17) is 9.47 Å². The van der Waals surface area contributed by atoms with E-state index >= 15 is 0 Å². The number of carbonyl (C=O) groups excluding carboxylic acids is 2. The third-order valence-electron chi connectivity index (χ3n) is 8.73. The summed E-state index contributed by atoms with van der Waals surface area (Å²) in [5.74, 6) is 1.01. The molecule has 1 saturated heterocycles. The van der Waals surface area contributed by atoms with Crippen molar-refractivity contribution in [2.45, 2.75) is 38.9 Å². The van der Waals surface area contributed by atoms with Crippen molar-refractivity contribution in [3.63, 3.8) is 0 Å². The summed E-state index contributed by atoms with van der Waals surface area (Å²) in [7, 11) is 3.19. The minimum absolute atomic E-state index is 0.0248. The summed E-state index contributed by atoms with van der Waals surface area (Å²) in [5.41, 5.74) is 5.24. The number of hydrogen-bond donors (Lipinski definition) is 0. The zero-order chi connectivity index (χ0) is 33.0. The van der Waals surface area contributed by atoms with E-state index in [-0.39, 0.29) is 11.8 Å². The topological polar surface area (TPSA) is 62.3 Å². The number of ether oxygens (including phenoxy) is 2. The van der Waals surface area contributed by atoms with Crippen LogP contribution in [0.4, 0.5) is 0 Å². The molecular formula is C40H45N3O4. The van der Waals surface area contributed by atoms with Crippen LogP contribution in [-0.4, -0.2) is 73.0 Å². The molecule has 0 aliphatic carbocycles. The van der Waals surface area contributed by atoms with Crippen molar-refractivity contribution in [2.75, 3.05) is 40.4 Å². The lowest BCUT2D eigenvalue weighted by Crippen LogP contribution is -2.56. The zero-order valence-corrected chi connectivity index (χ0v) is 27.7. The fourth-order valence-corrected chi connectivity index (χ4v) is 5.95. The molecule has 1 atom stereocenters. The highest BCUT2D eigenvalue weighted by molar-refractivity contribution is 5.96. The van der Waals surface area contributed by atoms with Gasteiger partial charge in [-0.15, -0.1) is 0 Å². The normalized spacial score (nSPS) is 14.1. The highest BCUT2D eigenvalue weighted by Gasteiger charge is 2.34. The molecule has 0 aromatic heterocycles. The second kappa shape index (κ2) is 16.6. The lowest BCUT2D eigenvalue weighted by atomic mass is 10.0. The van der Waals surface area contributed by atoms with Crippen molar-refractivity contribution < 1.29 is 19.1 Å². The van der Waals surface area contributed by atoms with Gasteiger partial charge in [0.1, 0.15) is 17.5 Å². The average molecular weight is 632 g/mol. The van der Waals surface area contributed by atoms with Gasteiger partial charge in [-0.3, -0.25) is 14.5 Å². The van der Waals surface area contributed by atoms with Gasteiger partial charge in [0.15, 0.2) is 0 Å². The van der Waals surface area contributed by atoms with Crippen LogP contribution >= 0.6 is 0 Å². The number of benzene rings is 4. The summed E-state index contributed by atoms with van der Waals surface area (Å²) in [5, 5.41) is 0. The van der Waals surface area contributed by atoms with Gasteiger partial charge in [0.05, 0.1) is 14.2 Å². The van der Waals surface area contributed by atoms with Crippen molar-refractivity contribution in [1.82, 2.24) is 14.7 Å². The number of methoxy groups -OCH3 is 2. The maximum absolute atomic E-state index is 14.5. The smallest absolute Gasteiger partial charge is 0.247 e. The first-order valence-corrected chi connectivity index (χ1v) is 16.3. The minimum Gasteiger partial charge on any atom is -0.497 e. The van der Waals surface area contributed by atoms with Crippen LogP contribution in [-0.2, 0) is 35.5 Å². The summed E-state index contributed by atoms with van der Waals surface area (Å²) < 4.78 is 10.9. The van der Waals surface area contributed by atoms with E-state index in [0.29, 0.717) is 37.6 Å². The van der Waals surface area contributed by atoms with Gasteiger partial charge in [-0.2, -0.15) is 0 Å². The number of carbonyl (C=O) groups is 2. The van der Waals surface area contributed by atoms with Crippen LogP contribution in [0.1, 0.15) is 34.7 Å². The first kappa shape index (κ1) is 33.5. The SMILES string of the molecule is CCc1ccc(CN(C(=O)/C=C/c2cc(OC)cc(OC)c2)[C@@H](Cc2ccccc2)C(=O)N2CCN(Cc3ccccc3)CC2)cc1. The molecule has 4 aromatic rings. The Hall–Kier alpha value is -4.88. The quantitative estimate of drug-likeness (QED) is 0.163. The maximum Gasteiger partial charge on any atom is 0.247 e. The van der Waals surface area contributed by atoms with Crippen LogP contribution in [0, 0.1) is 0 Å². The Balaban J connectivity index is 1.43. The van der Waals surface area contributed by atoms with Crippen molar-refractivity contribution in [2.24, 2.45) is 0 Å². The molecular weight excluding hydrogens is 586 g/mol. The third-order valence-corrected chi connectivity index (χ3v) is 8.73. The monoisotopic (exact) mass is 631 g/mol. The molecule has 0 unspecified atom stereocenters. The van der Waals surface area contributed by atoms with Crippen LogP contribution in [0.25, 0.3) is 6.08 Å². The lowest BCUT2D eigenvalue weighted by molar-refractivity contribution is -0.145. The Morgan fingerprint density at radius 2 is 1.32 bits per heavy atom. The van der Waals surface area contributed by atoms with E-state index in [0.717, 1.165) is 42.7 Å². The third kappa shape index (κ3) is 9.33. The molecule has 1 aliphatic heterocycles. The maximum atomic E-state index is 14.5. The van der Waals surface area contributed by atoms with Gasteiger partial charge in [0.25, 0.3) is 0 Å². The molecule has 244 valence electrons. The van der Waals surface area contributed by atoms with Crippen molar-refractivity contribution >= 4 is 17.9 Å². The Morgan fingerprint density at radius 3 is 1.89 bits per heavy atom. The van der Waals surface area contributed by atoms with Gasteiger partial charge in [-0.25, -0.2) is 0 Å². The molecule has 1 aliphatic rings. The summed E-state index contributed by atoms with van der Waals surface area (Å²) in [4.78, 5) is 34.8. The molecule has 5 rings (SSSR count). The largest absolute Gasteiger partial charge is 0.497 e. The molecule has 0 saturated carbocycles. The number of rotatable bonds is 13. The van der Waals surface area contributed by atoms with E-state index in [2.05, 4.69) is 60.4 Å². The molecule has 7 heteroatoms. The highest BCUT2D eigenvalue weighted by Crippen LogP contribution is 2.24. The molecule has 0 spiro atoms. The number of nitrogens with zero attached hydrogens (tertiary/aromatic N) is 3. The molecule has 0 bridgehead atoms. The molecule has 4 aromatic carbocycles. The van der Waals surface area contributed by atoms with Gasteiger partial charge in [-0.1, -0.05) is 91.9 Å². The Morgan fingerprint density at radius 1 is 0.745 bits per heavy atom. The zero-order valence-electron chi connectivity index (χ0n) is 27.7. The lowest BCUT2D eigenvalue weighted by Gasteiger charge is -2.39. The second-order valence-electron chi connectivity index (χ2n) is 11.9. The van der Waals surface area contributed by atoms with Crippen LogP contribution in [0.3, 0.4) is 0 Å². The van der Waals surface area contributed by atoms with Crippen LogP contribution in [0.15, 0.2) is 109 Å². The highest BCUT2D eigenvalue weighted by atomic mass is 16.5. The van der Waals surface area contributed by atoms with Crippen molar-refractivity contribution in [3.8, 4) is 11.5 Å². The summed E-state index contributed by atoms with van der Waals surface area (Å²) in [6.07, 6.45) is 4.66. The first-order valence-electron chi connectivity index (χ1n) is 16.3. The van der Waals surface area contributed by atoms with Crippen molar-refractivity contribution in [3.05, 3.63) is 137 Å². The predicted molar refractivity (Wildman–Crippen MR) is 187 cm³/mol. The molecule has 0 radical (unpaired) electrons. The fourth-order valence-electron chi connectivity index (χ4n) is 5.95. The van der Waals surface area contributed by atoms with E-state index in [1.807, 2.05) is 53.4 Å². The standard InChI is InChI=1S/C40H45N3O4/c1-4-31-15-17-34(18-16-31)30-43(39(44)20-19-35-25-36(46-2)28-37(26-35)47-3)38(27-32-11-7-5-8-12-32)40(45)42-23-21-41(22-24-42)29-33-13-9-6-10-14-33/h5-20,25-26,28,38H,4,21-24,27,29-30H2,1-3H3/b20-19+/t38-/m0/s1. The van der Waals surface area contributed by atoms with E-state index in [1.165, 1.54) is 11.1 Å². The number of aryl methyl sites for hydroxylation is 1. The summed E-state index contributed by atoms with van der Waals surface area (Å²) in [6.45, 7) is 6.08. The summed E-state index contributed by atoms with van der Waals surface area (Å²) in [6, 6.07) is 33.5. The fraction of sp³-hybridized carbons (Fsp3) is 0.300. The van der Waals surface area contributed by atoms with Gasteiger partial charge >= 0.3 is 0 Å². The van der Waals surface area contributed by atoms with Crippen LogP contribution in [0.5, 0.6) is 11.5 Å². The average Bonchev–Trinajstić information content (AvgIpc) is 3.13. The molecule has 47 heavy (non-hydrogen) atoms. The van der Waals surface area contributed by atoms with E-state index in [9.17, 15) is 9.59 Å². The van der Waals surface area contributed by atoms with Crippen molar-refractivity contribution in [1.29, 1.82) is 0 Å². The molecule has 7 nitrogen and oxygen atoms in total. The molecule has 2 amide bonds. The Labute approximate surface area is 279 Å². The number of hydrogen-bond acceptors (Lipinski definition) is 5. The van der Waals surface area contributed by atoms with Gasteiger partial charge in [0, 0.05) is 57.8 Å². The Kier molecular flexibility index (Phi) is 11.8. The summed E-state index contributed by atoms with van der Waals surface area (Å²) >= 11 is 0. The minimum atomic E-state index is -0.680. The van der Waals surface area contributed by atoms with Crippen LogP contribution in [0.2, 0.25) is 0 Å². The Bertz CT molecular complexity index is 1590.